The van der Waals surface area contributed by atoms with Crippen LogP contribution in [0.25, 0.3) is 0 Å². The molecule has 0 heterocycles. The smallest absolute Gasteiger partial charge is 0.230 e. The van der Waals surface area contributed by atoms with Crippen molar-refractivity contribution in [3.05, 3.63) is 29.3 Å². The van der Waals surface area contributed by atoms with Gasteiger partial charge in [-0.2, -0.15) is 0 Å². The quantitative estimate of drug-likeness (QED) is 0.604. The molecule has 0 aliphatic heterocycles. The lowest BCUT2D eigenvalue weighted by molar-refractivity contribution is -0.138. The van der Waals surface area contributed by atoms with Gasteiger partial charge in [-0.25, -0.2) is 0 Å². The first-order valence-corrected chi connectivity index (χ1v) is 9.21. The number of nitrogens with zero attached hydrogens (tertiary/aromatic N) is 2. The fourth-order valence-electron chi connectivity index (χ4n) is 3.70. The maximum atomic E-state index is 12.7. The molecule has 6 nitrogen and oxygen atoms in total. The standard InChI is InChI=1S/C20H32N4O2/c1-15-12-16(8-9-17(15)26-5)13-22-19(21-2)23-14-20(10-6-7-11-20)18(25)24(3)4/h8-9,12H,6-7,10-11,13-14H2,1-5H3,(H2,21,22,23). The molecule has 1 amide bonds. The van der Waals surface area contributed by atoms with E-state index >= 15 is 0 Å². The Morgan fingerprint density at radius 1 is 1.27 bits per heavy atom. The van der Waals surface area contributed by atoms with Crippen molar-refractivity contribution in [1.82, 2.24) is 15.5 Å². The van der Waals surface area contributed by atoms with Gasteiger partial charge >= 0.3 is 0 Å². The lowest BCUT2D eigenvalue weighted by atomic mass is 9.84. The van der Waals surface area contributed by atoms with E-state index in [9.17, 15) is 4.79 Å². The number of aryl methyl sites for hydroxylation is 1. The molecule has 0 saturated heterocycles. The summed E-state index contributed by atoms with van der Waals surface area (Å²) in [5.41, 5.74) is 1.96. The molecule has 0 unspecified atom stereocenters. The van der Waals surface area contributed by atoms with Gasteiger partial charge in [0, 0.05) is 34.2 Å². The highest BCUT2D eigenvalue weighted by Crippen LogP contribution is 2.38. The largest absolute Gasteiger partial charge is 0.496 e. The molecule has 144 valence electrons. The molecule has 0 bridgehead atoms. The molecule has 2 N–H and O–H groups in total. The summed E-state index contributed by atoms with van der Waals surface area (Å²) in [6.45, 7) is 3.32. The maximum Gasteiger partial charge on any atom is 0.230 e. The Kier molecular flexibility index (Phi) is 6.89. The van der Waals surface area contributed by atoms with Gasteiger partial charge in [-0.05, 0) is 37.0 Å². The average Bonchev–Trinajstić information content (AvgIpc) is 3.11. The van der Waals surface area contributed by atoms with Gasteiger partial charge in [0.25, 0.3) is 0 Å². The van der Waals surface area contributed by atoms with E-state index < -0.39 is 0 Å². The second-order valence-electron chi connectivity index (χ2n) is 7.27. The van der Waals surface area contributed by atoms with Crippen LogP contribution in [0.5, 0.6) is 5.75 Å². The Balaban J connectivity index is 1.95. The van der Waals surface area contributed by atoms with Crippen LogP contribution >= 0.6 is 0 Å². The monoisotopic (exact) mass is 360 g/mol. The summed E-state index contributed by atoms with van der Waals surface area (Å²) in [4.78, 5) is 18.7. The number of nitrogens with one attached hydrogen (secondary N) is 2. The van der Waals surface area contributed by atoms with Crippen molar-refractivity contribution in [3.63, 3.8) is 0 Å². The van der Waals surface area contributed by atoms with Crippen molar-refractivity contribution >= 4 is 11.9 Å². The molecule has 1 aliphatic carbocycles. The van der Waals surface area contributed by atoms with E-state index in [1.54, 1.807) is 19.1 Å². The molecule has 0 atom stereocenters. The zero-order valence-corrected chi connectivity index (χ0v) is 16.7. The van der Waals surface area contributed by atoms with Crippen LogP contribution < -0.4 is 15.4 Å². The molecule has 26 heavy (non-hydrogen) atoms. The first-order chi connectivity index (χ1) is 12.4. The van der Waals surface area contributed by atoms with Crippen LogP contribution in [0, 0.1) is 12.3 Å². The molecule has 1 aliphatic rings. The van der Waals surface area contributed by atoms with E-state index in [1.807, 2.05) is 33.2 Å². The molecule has 2 rings (SSSR count). The lowest BCUT2D eigenvalue weighted by Gasteiger charge is -2.31. The van der Waals surface area contributed by atoms with Crippen LogP contribution in [0.15, 0.2) is 23.2 Å². The van der Waals surface area contributed by atoms with Gasteiger partial charge in [0.1, 0.15) is 5.75 Å². The van der Waals surface area contributed by atoms with Crippen molar-refractivity contribution in [1.29, 1.82) is 0 Å². The minimum atomic E-state index is -0.308. The zero-order valence-electron chi connectivity index (χ0n) is 16.7. The highest BCUT2D eigenvalue weighted by atomic mass is 16.5. The summed E-state index contributed by atoms with van der Waals surface area (Å²) in [7, 11) is 7.10. The Morgan fingerprint density at radius 2 is 1.96 bits per heavy atom. The zero-order chi connectivity index (χ0) is 19.2. The summed E-state index contributed by atoms with van der Waals surface area (Å²) in [6.07, 6.45) is 4.09. The predicted molar refractivity (Wildman–Crippen MR) is 106 cm³/mol. The third kappa shape index (κ3) is 4.68. The van der Waals surface area contributed by atoms with Gasteiger partial charge in [-0.1, -0.05) is 25.0 Å². The van der Waals surface area contributed by atoms with Gasteiger partial charge in [-0.3, -0.25) is 9.79 Å². The van der Waals surface area contributed by atoms with Crippen LogP contribution in [0.3, 0.4) is 0 Å². The minimum absolute atomic E-state index is 0.212. The number of benzene rings is 1. The van der Waals surface area contributed by atoms with E-state index in [0.717, 1.165) is 48.5 Å². The van der Waals surface area contributed by atoms with Crippen LogP contribution in [0.1, 0.15) is 36.8 Å². The number of rotatable bonds is 6. The van der Waals surface area contributed by atoms with Gasteiger partial charge in [0.2, 0.25) is 5.91 Å². The summed E-state index contributed by atoms with van der Waals surface area (Å²) in [5.74, 6) is 1.82. The van der Waals surface area contributed by atoms with Crippen molar-refractivity contribution < 1.29 is 9.53 Å². The number of ether oxygens (including phenoxy) is 1. The summed E-state index contributed by atoms with van der Waals surface area (Å²) >= 11 is 0. The molecule has 6 heteroatoms. The third-order valence-electron chi connectivity index (χ3n) is 5.16. The molecule has 1 aromatic carbocycles. The molecular formula is C20H32N4O2. The van der Waals surface area contributed by atoms with Gasteiger partial charge < -0.3 is 20.3 Å². The van der Waals surface area contributed by atoms with Gasteiger partial charge in [0.05, 0.1) is 12.5 Å². The minimum Gasteiger partial charge on any atom is -0.496 e. The topological polar surface area (TPSA) is 66.0 Å². The summed E-state index contributed by atoms with van der Waals surface area (Å²) in [5, 5.41) is 6.69. The van der Waals surface area contributed by atoms with E-state index in [2.05, 4.69) is 21.7 Å². The van der Waals surface area contributed by atoms with Crippen molar-refractivity contribution in [2.75, 3.05) is 34.8 Å². The first-order valence-electron chi connectivity index (χ1n) is 9.21. The predicted octanol–water partition coefficient (Wildman–Crippen LogP) is 2.32. The first kappa shape index (κ1) is 20.1. The Morgan fingerprint density at radius 3 is 2.50 bits per heavy atom. The molecule has 0 spiro atoms. The summed E-state index contributed by atoms with van der Waals surface area (Å²) in [6, 6.07) is 6.12. The van der Waals surface area contributed by atoms with Gasteiger partial charge in [-0.15, -0.1) is 0 Å². The van der Waals surface area contributed by atoms with Crippen LogP contribution in [0.4, 0.5) is 0 Å². The lowest BCUT2D eigenvalue weighted by Crippen LogP contribution is -2.49. The second-order valence-corrected chi connectivity index (χ2v) is 7.27. The number of methoxy groups -OCH3 is 1. The van der Waals surface area contributed by atoms with Crippen LogP contribution in [0.2, 0.25) is 0 Å². The number of aliphatic imine (C=N–C) groups is 1. The molecular weight excluding hydrogens is 328 g/mol. The fourth-order valence-corrected chi connectivity index (χ4v) is 3.70. The van der Waals surface area contributed by atoms with E-state index in [1.165, 1.54) is 0 Å². The maximum absolute atomic E-state index is 12.7. The summed E-state index contributed by atoms with van der Waals surface area (Å²) < 4.78 is 5.30. The number of carbonyl (C=O) groups is 1. The Bertz CT molecular complexity index is 649. The van der Waals surface area contributed by atoms with Crippen molar-refractivity contribution in [3.8, 4) is 5.75 Å². The molecule has 1 aromatic rings. The van der Waals surface area contributed by atoms with Crippen molar-refractivity contribution in [2.24, 2.45) is 10.4 Å². The molecule has 0 aromatic heterocycles. The SMILES string of the molecule is CN=C(NCc1ccc(OC)c(C)c1)NCC1(C(=O)N(C)C)CCCC1. The molecule has 1 fully saturated rings. The second kappa shape index (κ2) is 8.92. The third-order valence-corrected chi connectivity index (χ3v) is 5.16. The van der Waals surface area contributed by atoms with Gasteiger partial charge in [0.15, 0.2) is 5.96 Å². The fraction of sp³-hybridized carbons (Fsp3) is 0.600. The average molecular weight is 361 g/mol. The van der Waals surface area contributed by atoms with Crippen LogP contribution in [-0.2, 0) is 11.3 Å². The number of amides is 1. The highest BCUT2D eigenvalue weighted by Gasteiger charge is 2.42. The van der Waals surface area contributed by atoms with Crippen LogP contribution in [-0.4, -0.2) is 51.6 Å². The van der Waals surface area contributed by atoms with E-state index in [4.69, 9.17) is 4.74 Å². The number of guanidine groups is 1. The van der Waals surface area contributed by atoms with E-state index in [0.29, 0.717) is 13.1 Å². The number of hydrogen-bond donors (Lipinski definition) is 2. The number of hydrogen-bond acceptors (Lipinski definition) is 3. The normalized spacial score (nSPS) is 16.3. The highest BCUT2D eigenvalue weighted by molar-refractivity contribution is 5.85. The Hall–Kier alpha value is -2.24. The Labute approximate surface area is 157 Å². The molecule has 0 radical (unpaired) electrons. The number of carbonyl (C=O) groups excluding carboxylic acids is 1. The molecule has 1 saturated carbocycles. The van der Waals surface area contributed by atoms with E-state index in [-0.39, 0.29) is 11.3 Å². The van der Waals surface area contributed by atoms with Crippen molar-refractivity contribution in [2.45, 2.75) is 39.2 Å².